The minimum absolute atomic E-state index is 0.974. The highest BCUT2D eigenvalue weighted by Gasteiger charge is 2.17. The molecule has 0 atom stereocenters. The molecule has 0 spiro atoms. The van der Waals surface area contributed by atoms with Gasteiger partial charge in [0.15, 0.2) is 0 Å². The van der Waals surface area contributed by atoms with Crippen molar-refractivity contribution < 1.29 is 0 Å². The Balaban J connectivity index is 0.834. The minimum Gasteiger partial charge on any atom is -0.309 e. The van der Waals surface area contributed by atoms with Crippen LogP contribution in [0.25, 0.3) is 116 Å². The number of benzene rings is 10. The van der Waals surface area contributed by atoms with Crippen LogP contribution in [0, 0.1) is 0 Å². The smallest absolute Gasteiger partial charge is 0.0547 e. The summed E-state index contributed by atoms with van der Waals surface area (Å²) in [5, 5.41) is 5.01. The third-order valence-electron chi connectivity index (χ3n) is 13.8. The van der Waals surface area contributed by atoms with Crippen molar-refractivity contribution in [2.75, 3.05) is 0 Å². The maximum Gasteiger partial charge on any atom is 0.0547 e. The van der Waals surface area contributed by atoms with Gasteiger partial charge in [-0.05, 0) is 134 Å². The van der Waals surface area contributed by atoms with Crippen LogP contribution < -0.4 is 0 Å². The molecule has 0 unspecified atom stereocenters. The second-order valence-electron chi connectivity index (χ2n) is 17.7. The van der Waals surface area contributed by atoms with Crippen LogP contribution in [-0.2, 0) is 0 Å². The molecular weight excluding hydrogens is 809 g/mol. The molecule has 2 aromatic heterocycles. The Bertz CT molecular complexity index is 3920. The van der Waals surface area contributed by atoms with Gasteiger partial charge < -0.3 is 9.13 Å². The van der Waals surface area contributed by atoms with Gasteiger partial charge in [0.2, 0.25) is 0 Å². The lowest BCUT2D eigenvalue weighted by atomic mass is 9.95. The lowest BCUT2D eigenvalue weighted by molar-refractivity contribution is 1.17. The van der Waals surface area contributed by atoms with Gasteiger partial charge in [0.05, 0.1) is 22.1 Å². The fraction of sp³-hybridized carbons (Fsp3) is 0.0154. The van der Waals surface area contributed by atoms with E-state index in [1.54, 1.807) is 0 Å². The van der Waals surface area contributed by atoms with Crippen LogP contribution in [0.2, 0.25) is 0 Å². The van der Waals surface area contributed by atoms with E-state index in [2.05, 4.69) is 264 Å². The SMILES string of the molecule is C1=CCC(c2cccc(-n3c4ccccc4c4ccc(-c5ccc6c7ccccc7n(-c7ccc(-c8ccc(-c9cccc(-c%10cccc(-c%11ccccc%11)c%10)c9)cc8)cc7)c6c5)cc43)c2)=C1. The zero-order valence-electron chi connectivity index (χ0n) is 36.9. The molecule has 0 radical (unpaired) electrons. The van der Waals surface area contributed by atoms with Crippen LogP contribution in [0.15, 0.2) is 255 Å². The van der Waals surface area contributed by atoms with Gasteiger partial charge in [-0.1, -0.05) is 194 Å². The van der Waals surface area contributed by atoms with E-state index >= 15 is 0 Å². The topological polar surface area (TPSA) is 9.86 Å². The van der Waals surface area contributed by atoms with E-state index in [1.165, 1.54) is 116 Å². The number of nitrogens with zero attached hydrogens (tertiary/aromatic N) is 2. The van der Waals surface area contributed by atoms with Crippen LogP contribution in [0.1, 0.15) is 12.0 Å². The van der Waals surface area contributed by atoms with Gasteiger partial charge in [0.1, 0.15) is 0 Å². The monoisotopic (exact) mass is 852 g/mol. The first-order valence-corrected chi connectivity index (χ1v) is 23.2. The summed E-state index contributed by atoms with van der Waals surface area (Å²) in [7, 11) is 0. The van der Waals surface area contributed by atoms with Crippen molar-refractivity contribution in [2.24, 2.45) is 0 Å². The summed E-state index contributed by atoms with van der Waals surface area (Å²) in [4.78, 5) is 0. The summed E-state index contributed by atoms with van der Waals surface area (Å²) in [6.45, 7) is 0. The Labute approximate surface area is 390 Å². The van der Waals surface area contributed by atoms with Crippen LogP contribution in [0.5, 0.6) is 0 Å². The molecule has 0 saturated carbocycles. The predicted octanol–water partition coefficient (Wildman–Crippen LogP) is 17.6. The molecule has 0 fully saturated rings. The largest absolute Gasteiger partial charge is 0.309 e. The lowest BCUT2D eigenvalue weighted by Gasteiger charge is -2.12. The molecule has 10 aromatic carbocycles. The Morgan fingerprint density at radius 3 is 1.22 bits per heavy atom. The van der Waals surface area contributed by atoms with Crippen molar-refractivity contribution in [3.63, 3.8) is 0 Å². The Kier molecular flexibility index (Phi) is 9.28. The van der Waals surface area contributed by atoms with Crippen molar-refractivity contribution in [2.45, 2.75) is 6.42 Å². The van der Waals surface area contributed by atoms with Crippen molar-refractivity contribution >= 4 is 49.2 Å². The normalized spacial score (nSPS) is 12.4. The molecule has 2 heterocycles. The fourth-order valence-electron chi connectivity index (χ4n) is 10.4. The van der Waals surface area contributed by atoms with Gasteiger partial charge in [0, 0.05) is 32.9 Å². The third-order valence-corrected chi connectivity index (χ3v) is 13.8. The molecule has 314 valence electrons. The molecule has 13 rings (SSSR count). The third kappa shape index (κ3) is 6.81. The zero-order valence-corrected chi connectivity index (χ0v) is 36.9. The molecule has 2 nitrogen and oxygen atoms in total. The van der Waals surface area contributed by atoms with Crippen molar-refractivity contribution in [3.05, 3.63) is 260 Å². The number of fused-ring (bicyclic) bond motifs is 6. The number of para-hydroxylation sites is 2. The van der Waals surface area contributed by atoms with Crippen LogP contribution in [-0.4, -0.2) is 9.13 Å². The van der Waals surface area contributed by atoms with E-state index in [1.807, 2.05) is 0 Å². The van der Waals surface area contributed by atoms with Gasteiger partial charge in [0.25, 0.3) is 0 Å². The first-order valence-electron chi connectivity index (χ1n) is 23.2. The van der Waals surface area contributed by atoms with Crippen LogP contribution >= 0.6 is 0 Å². The van der Waals surface area contributed by atoms with Crippen molar-refractivity contribution in [1.82, 2.24) is 9.13 Å². The highest BCUT2D eigenvalue weighted by atomic mass is 15.0. The van der Waals surface area contributed by atoms with E-state index in [0.29, 0.717) is 0 Å². The minimum atomic E-state index is 0.974. The van der Waals surface area contributed by atoms with Gasteiger partial charge in [-0.15, -0.1) is 0 Å². The highest BCUT2D eigenvalue weighted by molar-refractivity contribution is 6.12. The second-order valence-corrected chi connectivity index (χ2v) is 17.7. The molecule has 0 aliphatic heterocycles. The molecule has 0 saturated heterocycles. The second kappa shape index (κ2) is 16.1. The van der Waals surface area contributed by atoms with E-state index < -0.39 is 0 Å². The Morgan fingerprint density at radius 2 is 0.657 bits per heavy atom. The van der Waals surface area contributed by atoms with E-state index in [-0.39, 0.29) is 0 Å². The Hall–Kier alpha value is -8.72. The average Bonchev–Trinajstić information content (AvgIpc) is 4.15. The van der Waals surface area contributed by atoms with E-state index in [9.17, 15) is 0 Å². The summed E-state index contributed by atoms with van der Waals surface area (Å²) < 4.78 is 4.87. The standard InChI is InChI=1S/C65H44N2/c1-2-13-44(14-3-1)49-17-10-19-51(39-49)52-20-11-18-50(40-52)48-29-27-46(28-30-48)47-31-35-56(36-32-47)66-62-25-8-6-23-58(62)60-37-33-54(42-64(60)66)55-34-38-61-59-24-7-9-26-63(59)67(65(61)43-55)57-22-12-21-53(41-57)45-15-4-5-16-45/h1-15,17-43H,16H2. The highest BCUT2D eigenvalue weighted by Crippen LogP contribution is 2.39. The summed E-state index contributed by atoms with van der Waals surface area (Å²) in [5.74, 6) is 0. The van der Waals surface area contributed by atoms with E-state index in [0.717, 1.165) is 12.1 Å². The predicted molar refractivity (Wildman–Crippen MR) is 284 cm³/mol. The molecular formula is C65H44N2. The number of hydrogen-bond donors (Lipinski definition) is 0. The summed E-state index contributed by atoms with van der Waals surface area (Å²) in [6, 6.07) is 86.9. The zero-order chi connectivity index (χ0) is 44.3. The summed E-state index contributed by atoms with van der Waals surface area (Å²) in [5.41, 5.74) is 21.8. The number of aromatic nitrogens is 2. The average molecular weight is 853 g/mol. The molecule has 67 heavy (non-hydrogen) atoms. The molecule has 0 bridgehead atoms. The quantitative estimate of drug-likeness (QED) is 0.144. The van der Waals surface area contributed by atoms with Crippen molar-refractivity contribution in [1.29, 1.82) is 0 Å². The van der Waals surface area contributed by atoms with E-state index in [4.69, 9.17) is 0 Å². The maximum absolute atomic E-state index is 2.44. The Morgan fingerprint density at radius 1 is 0.254 bits per heavy atom. The molecule has 0 N–H and O–H groups in total. The molecule has 1 aliphatic carbocycles. The molecule has 2 heteroatoms. The van der Waals surface area contributed by atoms with Gasteiger partial charge in [-0.2, -0.15) is 0 Å². The van der Waals surface area contributed by atoms with Gasteiger partial charge in [-0.25, -0.2) is 0 Å². The number of hydrogen-bond acceptors (Lipinski definition) is 0. The van der Waals surface area contributed by atoms with Crippen molar-refractivity contribution in [3.8, 4) is 67.0 Å². The lowest BCUT2D eigenvalue weighted by Crippen LogP contribution is -1.95. The molecule has 1 aliphatic rings. The molecule has 0 amide bonds. The first kappa shape index (κ1) is 38.7. The van der Waals surface area contributed by atoms with Gasteiger partial charge in [-0.3, -0.25) is 0 Å². The first-order chi connectivity index (χ1) is 33.2. The maximum atomic E-state index is 2.44. The summed E-state index contributed by atoms with van der Waals surface area (Å²) >= 11 is 0. The molecule has 12 aromatic rings. The van der Waals surface area contributed by atoms with Gasteiger partial charge >= 0.3 is 0 Å². The number of allylic oxidation sites excluding steroid dienone is 4. The fourth-order valence-corrected chi connectivity index (χ4v) is 10.4. The van der Waals surface area contributed by atoms with Crippen LogP contribution in [0.4, 0.5) is 0 Å². The summed E-state index contributed by atoms with van der Waals surface area (Å²) in [6.07, 6.45) is 7.60. The van der Waals surface area contributed by atoms with Crippen LogP contribution in [0.3, 0.4) is 0 Å². The number of rotatable bonds is 8.